The molecule has 0 aromatic heterocycles. The average molecular weight is 357 g/mol. The Balaban J connectivity index is 1.56. The van der Waals surface area contributed by atoms with Gasteiger partial charge in [-0.2, -0.15) is 0 Å². The van der Waals surface area contributed by atoms with E-state index in [1.807, 2.05) is 36.9 Å². The van der Waals surface area contributed by atoms with E-state index >= 15 is 0 Å². The van der Waals surface area contributed by atoms with Crippen LogP contribution in [0, 0.1) is 19.8 Å². The first-order valence-corrected chi connectivity index (χ1v) is 9.97. The molecule has 1 aliphatic carbocycles. The maximum Gasteiger partial charge on any atom is 0.317 e. The van der Waals surface area contributed by atoms with Crippen molar-refractivity contribution in [1.82, 2.24) is 10.2 Å². The molecule has 0 spiro atoms. The molecule has 1 atom stereocenters. The molecule has 0 unspecified atom stereocenters. The Hall–Kier alpha value is -2.04. The molecule has 1 saturated carbocycles. The van der Waals surface area contributed by atoms with Crippen LogP contribution in [0.5, 0.6) is 0 Å². The van der Waals surface area contributed by atoms with Crippen LogP contribution < -0.4 is 10.6 Å². The zero-order valence-corrected chi connectivity index (χ0v) is 16.0. The molecule has 142 valence electrons. The molecule has 5 nitrogen and oxygen atoms in total. The van der Waals surface area contributed by atoms with Crippen LogP contribution in [0.4, 0.5) is 10.5 Å². The first kappa shape index (κ1) is 18.7. The van der Waals surface area contributed by atoms with Crippen molar-refractivity contribution in [2.45, 2.75) is 64.8 Å². The van der Waals surface area contributed by atoms with E-state index in [0.717, 1.165) is 43.5 Å². The first-order valence-electron chi connectivity index (χ1n) is 9.97. The van der Waals surface area contributed by atoms with Gasteiger partial charge in [0.2, 0.25) is 5.91 Å². The summed E-state index contributed by atoms with van der Waals surface area (Å²) < 4.78 is 0. The van der Waals surface area contributed by atoms with Crippen molar-refractivity contribution in [3.05, 3.63) is 29.3 Å². The largest absolute Gasteiger partial charge is 0.335 e. The fourth-order valence-corrected chi connectivity index (χ4v) is 4.01. The van der Waals surface area contributed by atoms with E-state index in [1.165, 1.54) is 24.8 Å². The highest BCUT2D eigenvalue weighted by molar-refractivity contribution is 5.94. The van der Waals surface area contributed by atoms with E-state index in [9.17, 15) is 9.59 Å². The molecule has 0 bridgehead atoms. The molecule has 2 fully saturated rings. The van der Waals surface area contributed by atoms with Gasteiger partial charge in [-0.15, -0.1) is 0 Å². The lowest BCUT2D eigenvalue weighted by Gasteiger charge is -2.34. The number of hydrogen-bond acceptors (Lipinski definition) is 2. The summed E-state index contributed by atoms with van der Waals surface area (Å²) in [6, 6.07) is 6.25. The van der Waals surface area contributed by atoms with Gasteiger partial charge in [0.25, 0.3) is 0 Å². The molecular weight excluding hydrogens is 326 g/mol. The van der Waals surface area contributed by atoms with Crippen LogP contribution in [-0.2, 0) is 4.79 Å². The molecule has 0 radical (unpaired) electrons. The Labute approximate surface area is 156 Å². The van der Waals surface area contributed by atoms with E-state index in [1.54, 1.807) is 0 Å². The summed E-state index contributed by atoms with van der Waals surface area (Å²) in [5.74, 6) is -0.116. The summed E-state index contributed by atoms with van der Waals surface area (Å²) in [5, 5.41) is 6.23. The molecule has 2 aliphatic rings. The third-order valence-corrected chi connectivity index (χ3v) is 5.87. The van der Waals surface area contributed by atoms with Gasteiger partial charge in [-0.1, -0.05) is 31.4 Å². The zero-order chi connectivity index (χ0) is 18.5. The lowest BCUT2D eigenvalue weighted by molar-refractivity contribution is -0.121. The quantitative estimate of drug-likeness (QED) is 0.859. The number of piperidine rings is 1. The van der Waals surface area contributed by atoms with Crippen molar-refractivity contribution in [1.29, 1.82) is 0 Å². The Morgan fingerprint density at radius 2 is 1.81 bits per heavy atom. The van der Waals surface area contributed by atoms with E-state index in [0.29, 0.717) is 12.6 Å². The highest BCUT2D eigenvalue weighted by Gasteiger charge is 2.29. The van der Waals surface area contributed by atoms with Crippen LogP contribution in [0.3, 0.4) is 0 Å². The predicted octanol–water partition coefficient (Wildman–Crippen LogP) is 4.00. The second kappa shape index (κ2) is 8.56. The highest BCUT2D eigenvalue weighted by atomic mass is 16.2. The van der Waals surface area contributed by atoms with Crippen molar-refractivity contribution in [2.24, 2.45) is 5.92 Å². The Kier molecular flexibility index (Phi) is 6.17. The van der Waals surface area contributed by atoms with Gasteiger partial charge in [0, 0.05) is 24.8 Å². The Bertz CT molecular complexity index is 653. The number of amides is 3. The Morgan fingerprint density at radius 1 is 1.04 bits per heavy atom. The van der Waals surface area contributed by atoms with Crippen molar-refractivity contribution in [3.8, 4) is 0 Å². The molecule has 1 saturated heterocycles. The van der Waals surface area contributed by atoms with Crippen LogP contribution in [0.1, 0.15) is 56.1 Å². The number of benzene rings is 1. The normalized spacial score (nSPS) is 21.3. The molecule has 1 aromatic carbocycles. The average Bonchev–Trinajstić information content (AvgIpc) is 2.66. The third kappa shape index (κ3) is 4.57. The monoisotopic (exact) mass is 357 g/mol. The van der Waals surface area contributed by atoms with Gasteiger partial charge >= 0.3 is 6.03 Å². The number of aryl methyl sites for hydroxylation is 1. The van der Waals surface area contributed by atoms with Gasteiger partial charge in [-0.3, -0.25) is 4.79 Å². The van der Waals surface area contributed by atoms with Gasteiger partial charge in [-0.05, 0) is 56.7 Å². The first-order chi connectivity index (χ1) is 12.5. The zero-order valence-electron chi connectivity index (χ0n) is 16.0. The molecule has 1 aromatic rings. The minimum absolute atomic E-state index is 0.00105. The summed E-state index contributed by atoms with van der Waals surface area (Å²) in [7, 11) is 0. The number of rotatable bonds is 3. The summed E-state index contributed by atoms with van der Waals surface area (Å²) in [5.41, 5.74) is 3.14. The molecule has 3 amide bonds. The van der Waals surface area contributed by atoms with Crippen molar-refractivity contribution < 1.29 is 9.59 Å². The summed E-state index contributed by atoms with van der Waals surface area (Å²) in [6.07, 6.45) is 7.55. The number of carbonyl (C=O) groups excluding carboxylic acids is 2. The SMILES string of the molecule is Cc1cccc(NC(=O)[C@H]2CCCN(C(=O)NC3CCCCC3)C2)c1C. The predicted molar refractivity (Wildman–Crippen MR) is 104 cm³/mol. The molecule has 5 heteroatoms. The lowest BCUT2D eigenvalue weighted by atomic mass is 9.95. The van der Waals surface area contributed by atoms with Crippen molar-refractivity contribution in [2.75, 3.05) is 18.4 Å². The van der Waals surface area contributed by atoms with Gasteiger partial charge < -0.3 is 15.5 Å². The molecule has 1 aliphatic heterocycles. The fraction of sp³-hybridized carbons (Fsp3) is 0.619. The number of nitrogens with zero attached hydrogens (tertiary/aromatic N) is 1. The van der Waals surface area contributed by atoms with E-state index in [4.69, 9.17) is 0 Å². The topological polar surface area (TPSA) is 61.4 Å². The number of carbonyl (C=O) groups is 2. The molecule has 2 N–H and O–H groups in total. The number of hydrogen-bond donors (Lipinski definition) is 2. The summed E-state index contributed by atoms with van der Waals surface area (Å²) in [4.78, 5) is 27.1. The van der Waals surface area contributed by atoms with E-state index in [-0.39, 0.29) is 17.9 Å². The minimum atomic E-state index is -0.138. The number of urea groups is 1. The second-order valence-electron chi connectivity index (χ2n) is 7.81. The second-order valence-corrected chi connectivity index (χ2v) is 7.81. The number of nitrogens with one attached hydrogen (secondary N) is 2. The van der Waals surface area contributed by atoms with Gasteiger partial charge in [0.1, 0.15) is 0 Å². The standard InChI is InChI=1S/C21H31N3O2/c1-15-8-6-12-19(16(15)2)23-20(25)17-9-7-13-24(14-17)21(26)22-18-10-4-3-5-11-18/h6,8,12,17-18H,3-5,7,9-11,13-14H2,1-2H3,(H,22,26)(H,23,25)/t17-/m0/s1. The molecule has 1 heterocycles. The summed E-state index contributed by atoms with van der Waals surface area (Å²) in [6.45, 7) is 5.32. The lowest BCUT2D eigenvalue weighted by Crippen LogP contribution is -2.50. The van der Waals surface area contributed by atoms with Crippen LogP contribution in [-0.4, -0.2) is 36.0 Å². The summed E-state index contributed by atoms with van der Waals surface area (Å²) >= 11 is 0. The van der Waals surface area contributed by atoms with Crippen LogP contribution in [0.25, 0.3) is 0 Å². The maximum atomic E-state index is 12.7. The van der Waals surface area contributed by atoms with Gasteiger partial charge in [0.05, 0.1) is 5.92 Å². The van der Waals surface area contributed by atoms with Gasteiger partial charge in [0.15, 0.2) is 0 Å². The molecule has 26 heavy (non-hydrogen) atoms. The Morgan fingerprint density at radius 3 is 2.58 bits per heavy atom. The fourth-order valence-electron chi connectivity index (χ4n) is 4.01. The van der Waals surface area contributed by atoms with Crippen LogP contribution >= 0.6 is 0 Å². The molecule has 3 rings (SSSR count). The van der Waals surface area contributed by atoms with E-state index in [2.05, 4.69) is 10.6 Å². The van der Waals surface area contributed by atoms with Gasteiger partial charge in [-0.25, -0.2) is 4.79 Å². The van der Waals surface area contributed by atoms with E-state index < -0.39 is 0 Å². The molecular formula is C21H31N3O2. The van der Waals surface area contributed by atoms with Crippen molar-refractivity contribution in [3.63, 3.8) is 0 Å². The third-order valence-electron chi connectivity index (χ3n) is 5.87. The number of anilines is 1. The van der Waals surface area contributed by atoms with Crippen molar-refractivity contribution >= 4 is 17.6 Å². The maximum absolute atomic E-state index is 12.7. The van der Waals surface area contributed by atoms with Crippen LogP contribution in [0.2, 0.25) is 0 Å². The van der Waals surface area contributed by atoms with Crippen LogP contribution in [0.15, 0.2) is 18.2 Å². The highest BCUT2D eigenvalue weighted by Crippen LogP contribution is 2.23. The smallest absolute Gasteiger partial charge is 0.317 e. The number of likely N-dealkylation sites (tertiary alicyclic amines) is 1. The minimum Gasteiger partial charge on any atom is -0.335 e.